The molecule has 0 spiro atoms. The van der Waals surface area contributed by atoms with E-state index < -0.39 is 5.41 Å². The van der Waals surface area contributed by atoms with Gasteiger partial charge in [-0.25, -0.2) is 0 Å². The highest BCUT2D eigenvalue weighted by Crippen LogP contribution is 2.30. The Morgan fingerprint density at radius 2 is 1.85 bits per heavy atom. The number of hydrogen-bond donors (Lipinski definition) is 1. The van der Waals surface area contributed by atoms with Gasteiger partial charge in [0, 0.05) is 13.6 Å². The second-order valence-corrected chi connectivity index (χ2v) is 5.68. The molecule has 0 aliphatic carbocycles. The summed E-state index contributed by atoms with van der Waals surface area (Å²) in [5, 5.41) is 0. The summed E-state index contributed by atoms with van der Waals surface area (Å²) in [4.78, 5) is 14.8. The average molecular weight is 292 g/mol. The van der Waals surface area contributed by atoms with Crippen LogP contribution in [0.1, 0.15) is 37.8 Å². The smallest absolute Gasteiger partial charge is 0.235 e. The van der Waals surface area contributed by atoms with Crippen molar-refractivity contribution in [3.8, 4) is 0 Å². The van der Waals surface area contributed by atoms with Gasteiger partial charge in [0.15, 0.2) is 0 Å². The minimum Gasteiger partial charge on any atom is -0.392 e. The fourth-order valence-corrected chi connectivity index (χ4v) is 2.86. The van der Waals surface area contributed by atoms with E-state index >= 15 is 0 Å². The number of carbonyl (C=O) groups is 1. The van der Waals surface area contributed by atoms with Gasteiger partial charge in [-0.1, -0.05) is 50.3 Å². The predicted octanol–water partition coefficient (Wildman–Crippen LogP) is 3.05. The molecule has 1 amide bonds. The normalized spacial score (nSPS) is 11.2. The summed E-state index contributed by atoms with van der Waals surface area (Å²) < 4.78 is 0. The summed E-state index contributed by atoms with van der Waals surface area (Å²) in [5.41, 5.74) is 7.45. The topological polar surface area (TPSA) is 46.3 Å². The van der Waals surface area contributed by atoms with Gasteiger partial charge in [-0.15, -0.1) is 0 Å². The fourth-order valence-electron chi connectivity index (χ4n) is 2.49. The first-order chi connectivity index (χ1) is 9.39. The molecular formula is C16H24N2OS. The van der Waals surface area contributed by atoms with Crippen LogP contribution in [0.25, 0.3) is 0 Å². The Morgan fingerprint density at radius 3 is 2.30 bits per heavy atom. The van der Waals surface area contributed by atoms with Crippen molar-refractivity contribution in [1.29, 1.82) is 0 Å². The highest BCUT2D eigenvalue weighted by atomic mass is 32.1. The summed E-state index contributed by atoms with van der Waals surface area (Å²) in [6, 6.07) is 8.08. The van der Waals surface area contributed by atoms with Crippen LogP contribution >= 0.6 is 12.2 Å². The van der Waals surface area contributed by atoms with Crippen LogP contribution in [0.15, 0.2) is 24.3 Å². The number of amides is 1. The van der Waals surface area contributed by atoms with Crippen molar-refractivity contribution in [3.63, 3.8) is 0 Å². The fraction of sp³-hybridized carbons (Fsp3) is 0.500. The molecule has 110 valence electrons. The zero-order chi connectivity index (χ0) is 15.3. The molecule has 0 atom stereocenters. The number of carbonyl (C=O) groups excluding carboxylic acids is 1. The molecule has 0 fully saturated rings. The van der Waals surface area contributed by atoms with Crippen molar-refractivity contribution in [2.45, 2.75) is 40.2 Å². The highest BCUT2D eigenvalue weighted by Gasteiger charge is 2.39. The molecule has 0 unspecified atom stereocenters. The maximum atomic E-state index is 12.7. The van der Waals surface area contributed by atoms with Crippen molar-refractivity contribution in [3.05, 3.63) is 35.4 Å². The SMILES string of the molecule is CCC(CC)(C(=O)N(C)Cc1ccccc1C)C(N)=S. The Balaban J connectivity index is 2.96. The predicted molar refractivity (Wildman–Crippen MR) is 87.5 cm³/mol. The number of nitrogens with zero attached hydrogens (tertiary/aromatic N) is 1. The van der Waals surface area contributed by atoms with Crippen LogP contribution in [0.4, 0.5) is 0 Å². The van der Waals surface area contributed by atoms with E-state index in [1.54, 1.807) is 4.90 Å². The van der Waals surface area contributed by atoms with Crippen molar-refractivity contribution in [2.75, 3.05) is 7.05 Å². The summed E-state index contributed by atoms with van der Waals surface area (Å²) in [6.07, 6.45) is 1.27. The van der Waals surface area contributed by atoms with Gasteiger partial charge in [-0.05, 0) is 30.9 Å². The second-order valence-electron chi connectivity index (χ2n) is 5.24. The molecule has 1 aromatic rings. The number of hydrogen-bond acceptors (Lipinski definition) is 2. The van der Waals surface area contributed by atoms with E-state index in [1.165, 1.54) is 5.56 Å². The Bertz CT molecular complexity index is 495. The van der Waals surface area contributed by atoms with Gasteiger partial charge in [0.1, 0.15) is 0 Å². The Labute approximate surface area is 127 Å². The number of rotatable bonds is 6. The summed E-state index contributed by atoms with van der Waals surface area (Å²) >= 11 is 5.14. The van der Waals surface area contributed by atoms with Crippen LogP contribution < -0.4 is 5.73 Å². The molecule has 20 heavy (non-hydrogen) atoms. The third-order valence-electron chi connectivity index (χ3n) is 4.10. The first-order valence-corrected chi connectivity index (χ1v) is 7.39. The second kappa shape index (κ2) is 6.84. The molecule has 0 bridgehead atoms. The van der Waals surface area contributed by atoms with Crippen molar-refractivity contribution < 1.29 is 4.79 Å². The monoisotopic (exact) mass is 292 g/mol. The van der Waals surface area contributed by atoms with Crippen LogP contribution in [0, 0.1) is 12.3 Å². The Kier molecular flexibility index (Phi) is 5.69. The zero-order valence-electron chi connectivity index (χ0n) is 12.8. The van der Waals surface area contributed by atoms with E-state index in [1.807, 2.05) is 52.1 Å². The van der Waals surface area contributed by atoms with E-state index in [4.69, 9.17) is 18.0 Å². The lowest BCUT2D eigenvalue weighted by atomic mass is 9.80. The van der Waals surface area contributed by atoms with E-state index in [-0.39, 0.29) is 5.91 Å². The Morgan fingerprint density at radius 1 is 1.30 bits per heavy atom. The number of aryl methyl sites for hydroxylation is 1. The molecule has 0 aromatic heterocycles. The first kappa shape index (κ1) is 16.6. The van der Waals surface area contributed by atoms with Gasteiger partial charge in [-0.3, -0.25) is 4.79 Å². The summed E-state index contributed by atoms with van der Waals surface area (Å²) in [6.45, 7) is 6.55. The third-order valence-corrected chi connectivity index (χ3v) is 4.49. The lowest BCUT2D eigenvalue weighted by Crippen LogP contribution is -2.48. The molecule has 0 aliphatic heterocycles. The average Bonchev–Trinajstić information content (AvgIpc) is 2.42. The number of thiocarbonyl (C=S) groups is 1. The summed E-state index contributed by atoms with van der Waals surface area (Å²) in [5.74, 6) is 0.0123. The van der Waals surface area contributed by atoms with Crippen LogP contribution in [0.2, 0.25) is 0 Å². The van der Waals surface area contributed by atoms with Gasteiger partial charge in [0.2, 0.25) is 5.91 Å². The molecule has 1 rings (SSSR count). The van der Waals surface area contributed by atoms with Crippen LogP contribution in [-0.2, 0) is 11.3 Å². The lowest BCUT2D eigenvalue weighted by molar-refractivity contribution is -0.137. The number of benzene rings is 1. The van der Waals surface area contributed by atoms with Crippen molar-refractivity contribution in [1.82, 2.24) is 4.90 Å². The Hall–Kier alpha value is -1.42. The maximum Gasteiger partial charge on any atom is 0.235 e. The molecule has 0 saturated heterocycles. The van der Waals surface area contributed by atoms with Gasteiger partial charge < -0.3 is 10.6 Å². The van der Waals surface area contributed by atoms with E-state index in [0.717, 1.165) is 5.56 Å². The standard InChI is InChI=1S/C16H24N2OS/c1-5-16(6-2,14(17)20)15(19)18(4)11-13-10-8-7-9-12(13)3/h7-10H,5-6,11H2,1-4H3,(H2,17,20). The number of nitrogens with two attached hydrogens (primary N) is 1. The van der Waals surface area contributed by atoms with E-state index in [0.29, 0.717) is 24.4 Å². The highest BCUT2D eigenvalue weighted by molar-refractivity contribution is 7.80. The lowest BCUT2D eigenvalue weighted by Gasteiger charge is -2.33. The first-order valence-electron chi connectivity index (χ1n) is 6.99. The van der Waals surface area contributed by atoms with Crippen LogP contribution in [0.5, 0.6) is 0 Å². The van der Waals surface area contributed by atoms with Crippen molar-refractivity contribution >= 4 is 23.1 Å². The quantitative estimate of drug-likeness (QED) is 0.820. The largest absolute Gasteiger partial charge is 0.392 e. The van der Waals surface area contributed by atoms with E-state index in [2.05, 4.69) is 0 Å². The minimum absolute atomic E-state index is 0.0123. The van der Waals surface area contributed by atoms with Gasteiger partial charge in [0.25, 0.3) is 0 Å². The van der Waals surface area contributed by atoms with Crippen LogP contribution in [-0.4, -0.2) is 22.8 Å². The summed E-state index contributed by atoms with van der Waals surface area (Å²) in [7, 11) is 1.81. The van der Waals surface area contributed by atoms with Crippen LogP contribution in [0.3, 0.4) is 0 Å². The molecule has 3 nitrogen and oxygen atoms in total. The third kappa shape index (κ3) is 3.18. The van der Waals surface area contributed by atoms with Gasteiger partial charge in [-0.2, -0.15) is 0 Å². The zero-order valence-corrected chi connectivity index (χ0v) is 13.6. The molecule has 0 aliphatic rings. The van der Waals surface area contributed by atoms with Gasteiger partial charge >= 0.3 is 0 Å². The maximum absolute atomic E-state index is 12.7. The molecular weight excluding hydrogens is 268 g/mol. The van der Waals surface area contributed by atoms with E-state index in [9.17, 15) is 4.79 Å². The molecule has 1 aromatic carbocycles. The molecule has 0 radical (unpaired) electrons. The molecule has 0 saturated carbocycles. The van der Waals surface area contributed by atoms with Crippen molar-refractivity contribution in [2.24, 2.45) is 11.1 Å². The minimum atomic E-state index is -0.716. The molecule has 4 heteroatoms. The van der Waals surface area contributed by atoms with Gasteiger partial charge in [0.05, 0.1) is 10.4 Å². The molecule has 2 N–H and O–H groups in total. The molecule has 0 heterocycles.